The van der Waals surface area contributed by atoms with E-state index in [1.54, 1.807) is 0 Å². The van der Waals surface area contributed by atoms with Crippen LogP contribution in [0.5, 0.6) is 0 Å². The van der Waals surface area contributed by atoms with Crippen molar-refractivity contribution in [3.8, 4) is 56.4 Å². The molecule has 0 spiro atoms. The minimum atomic E-state index is -0.236. The van der Waals surface area contributed by atoms with Crippen molar-refractivity contribution in [1.29, 1.82) is 0 Å². The largest absolute Gasteiger partial charge is 0.208 e. The summed E-state index contributed by atoms with van der Waals surface area (Å²) in [7, 11) is 0. The number of aromatic nitrogens is 3. The Morgan fingerprint density at radius 1 is 0.442 bits per heavy atom. The zero-order chi connectivity index (χ0) is 33.8. The van der Waals surface area contributed by atoms with E-state index in [2.05, 4.69) is 0 Å². The van der Waals surface area contributed by atoms with Gasteiger partial charge in [0.25, 0.3) is 0 Å². The second-order valence-electron chi connectivity index (χ2n) is 9.99. The Kier molecular flexibility index (Phi) is 4.91. The highest BCUT2D eigenvalue weighted by atomic mass is 32.1. The van der Waals surface area contributed by atoms with E-state index in [1.165, 1.54) is 0 Å². The molecule has 0 bridgehead atoms. The first kappa shape index (κ1) is 19.6. The molecule has 0 saturated carbocycles. The Balaban J connectivity index is 1.39. The minimum Gasteiger partial charge on any atom is -0.208 e. The van der Waals surface area contributed by atoms with Gasteiger partial charge in [-0.3, -0.25) is 0 Å². The second kappa shape index (κ2) is 10.8. The van der Waals surface area contributed by atoms with E-state index in [1.807, 2.05) is 115 Å². The molecule has 0 N–H and O–H groups in total. The molecule has 4 heteroatoms. The van der Waals surface area contributed by atoms with Crippen LogP contribution >= 0.6 is 11.3 Å². The van der Waals surface area contributed by atoms with Crippen LogP contribution in [0.1, 0.15) is 8.22 Å². The molecule has 202 valence electrons. The monoisotopic (exact) mass is 573 g/mol. The number of fused-ring (bicyclic) bond motifs is 3. The molecule has 0 saturated heterocycles. The highest BCUT2D eigenvalue weighted by molar-refractivity contribution is 7.26. The fourth-order valence-corrected chi connectivity index (χ4v) is 6.18. The number of rotatable bonds is 5. The molecule has 0 aliphatic rings. The van der Waals surface area contributed by atoms with E-state index in [0.717, 1.165) is 33.6 Å². The van der Waals surface area contributed by atoms with Gasteiger partial charge in [-0.1, -0.05) is 139 Å². The third-order valence-electron chi connectivity index (χ3n) is 7.28. The van der Waals surface area contributed by atoms with Crippen molar-refractivity contribution in [2.75, 3.05) is 0 Å². The molecule has 0 amide bonds. The van der Waals surface area contributed by atoms with Crippen molar-refractivity contribution in [3.05, 3.63) is 152 Å². The van der Waals surface area contributed by atoms with E-state index < -0.39 is 0 Å². The molecule has 0 atom stereocenters. The van der Waals surface area contributed by atoms with E-state index in [0.29, 0.717) is 42.9 Å². The molecule has 8 rings (SSSR count). The van der Waals surface area contributed by atoms with Crippen LogP contribution in [0.15, 0.2) is 152 Å². The van der Waals surface area contributed by atoms with Crippen molar-refractivity contribution in [2.45, 2.75) is 0 Å². The van der Waals surface area contributed by atoms with Crippen LogP contribution < -0.4 is 0 Å². The van der Waals surface area contributed by atoms with Gasteiger partial charge >= 0.3 is 0 Å². The lowest BCUT2D eigenvalue weighted by Crippen LogP contribution is -1.99. The highest BCUT2D eigenvalue weighted by Crippen LogP contribution is 2.41. The van der Waals surface area contributed by atoms with Crippen molar-refractivity contribution >= 4 is 31.5 Å². The third kappa shape index (κ3) is 4.78. The second-order valence-corrected chi connectivity index (χ2v) is 11.0. The standard InChI is InChI=1S/C39H25N3S/c1-4-11-26(12-5-1)27-19-21-28(22-20-27)32-17-10-18-34-36(32)33-24-23-31(25-35(33)43-34)39-41-37(29-13-6-2-7-14-29)40-38(42-39)30-15-8-3-9-16-30/h1-25H/i10D,17D,18D,23D,24D,25D. The fourth-order valence-electron chi connectivity index (χ4n) is 5.16. The average molecular weight is 574 g/mol. The van der Waals surface area contributed by atoms with Gasteiger partial charge in [-0.25, -0.2) is 15.0 Å². The van der Waals surface area contributed by atoms with Crippen LogP contribution in [0.3, 0.4) is 0 Å². The summed E-state index contributed by atoms with van der Waals surface area (Å²) >= 11 is 1.13. The quantitative estimate of drug-likeness (QED) is 0.206. The SMILES string of the molecule is [2H]c1c([2H])c(-c2ccc(-c3ccccc3)cc2)c2c(sc3c([2H])c(-c4nc(-c5ccccc5)nc(-c5ccccc5)n4)c([2H])c([2H])c32)c1[2H]. The minimum absolute atomic E-state index is 0.0516. The molecule has 6 aromatic carbocycles. The molecule has 43 heavy (non-hydrogen) atoms. The summed E-state index contributed by atoms with van der Waals surface area (Å²) in [6.45, 7) is 0. The lowest BCUT2D eigenvalue weighted by atomic mass is 9.97. The maximum Gasteiger partial charge on any atom is 0.164 e. The highest BCUT2D eigenvalue weighted by Gasteiger charge is 2.15. The van der Waals surface area contributed by atoms with Crippen LogP contribution in [0.25, 0.3) is 76.6 Å². The normalized spacial score (nSPS) is 13.2. The van der Waals surface area contributed by atoms with E-state index in [4.69, 9.17) is 19.1 Å². The summed E-state index contributed by atoms with van der Waals surface area (Å²) < 4.78 is 55.2. The Hall–Kier alpha value is -5.45. The third-order valence-corrected chi connectivity index (χ3v) is 8.30. The number of hydrogen-bond acceptors (Lipinski definition) is 4. The zero-order valence-electron chi connectivity index (χ0n) is 28.7. The van der Waals surface area contributed by atoms with Gasteiger partial charge in [0.15, 0.2) is 17.5 Å². The maximum atomic E-state index is 9.43. The fraction of sp³-hybridized carbons (Fsp3) is 0. The molecule has 8 aromatic rings. The Labute approximate surface area is 262 Å². The molecule has 0 aliphatic heterocycles. The molecule has 2 aromatic heterocycles. The smallest absolute Gasteiger partial charge is 0.164 e. The van der Waals surface area contributed by atoms with E-state index in [-0.39, 0.29) is 47.6 Å². The first-order chi connectivity index (χ1) is 23.8. The van der Waals surface area contributed by atoms with Gasteiger partial charge in [0.05, 0.1) is 8.22 Å². The molecule has 3 nitrogen and oxygen atoms in total. The van der Waals surface area contributed by atoms with E-state index in [9.17, 15) is 4.11 Å². The van der Waals surface area contributed by atoms with Crippen LogP contribution in [0, 0.1) is 0 Å². The summed E-state index contributed by atoms with van der Waals surface area (Å²) in [6, 6.07) is 35.4. The first-order valence-corrected chi connectivity index (χ1v) is 14.6. The van der Waals surface area contributed by atoms with E-state index >= 15 is 0 Å². The van der Waals surface area contributed by atoms with Gasteiger partial charge in [-0.2, -0.15) is 0 Å². The molecular formula is C39H25N3S. The van der Waals surface area contributed by atoms with Gasteiger partial charge in [0.1, 0.15) is 0 Å². The number of thiophene rings is 1. The number of nitrogens with zero attached hydrogens (tertiary/aromatic N) is 3. The zero-order valence-corrected chi connectivity index (χ0v) is 23.5. The maximum absolute atomic E-state index is 9.43. The lowest BCUT2D eigenvalue weighted by molar-refractivity contribution is 1.07. The Morgan fingerprint density at radius 3 is 1.56 bits per heavy atom. The first-order valence-electron chi connectivity index (χ1n) is 16.8. The van der Waals surface area contributed by atoms with Crippen molar-refractivity contribution in [2.24, 2.45) is 0 Å². The molecule has 0 aliphatic carbocycles. The lowest BCUT2D eigenvalue weighted by Gasteiger charge is -2.09. The summed E-state index contributed by atoms with van der Waals surface area (Å²) in [5, 5.41) is 0.742. The van der Waals surface area contributed by atoms with Crippen molar-refractivity contribution in [3.63, 3.8) is 0 Å². The van der Waals surface area contributed by atoms with Crippen LogP contribution in [-0.4, -0.2) is 15.0 Å². The Morgan fingerprint density at radius 2 is 0.953 bits per heavy atom. The van der Waals surface area contributed by atoms with Gasteiger partial charge in [0.2, 0.25) is 0 Å². The van der Waals surface area contributed by atoms with Gasteiger partial charge in [-0.15, -0.1) is 11.3 Å². The van der Waals surface area contributed by atoms with Crippen molar-refractivity contribution < 1.29 is 8.22 Å². The topological polar surface area (TPSA) is 38.7 Å². The number of hydrogen-bond donors (Lipinski definition) is 0. The van der Waals surface area contributed by atoms with Gasteiger partial charge in [-0.05, 0) is 34.3 Å². The van der Waals surface area contributed by atoms with Crippen molar-refractivity contribution in [1.82, 2.24) is 15.0 Å². The summed E-state index contributed by atoms with van der Waals surface area (Å²) in [4.78, 5) is 14.2. The molecule has 0 unspecified atom stereocenters. The van der Waals surface area contributed by atoms with Gasteiger partial charge in [0, 0.05) is 36.9 Å². The van der Waals surface area contributed by atoms with Crippen LogP contribution in [0.4, 0.5) is 0 Å². The number of benzene rings is 6. The van der Waals surface area contributed by atoms with Gasteiger partial charge < -0.3 is 0 Å². The predicted molar refractivity (Wildman–Crippen MR) is 180 cm³/mol. The van der Waals surface area contributed by atoms with Crippen LogP contribution in [0.2, 0.25) is 0 Å². The predicted octanol–water partition coefficient (Wildman–Crippen LogP) is 10.6. The molecule has 2 heterocycles. The molecule has 0 fully saturated rings. The molecular weight excluding hydrogens is 543 g/mol. The van der Waals surface area contributed by atoms with Crippen LogP contribution in [-0.2, 0) is 0 Å². The average Bonchev–Trinajstić information content (AvgIpc) is 3.55. The Bertz CT molecular complexity index is 2480. The summed E-state index contributed by atoms with van der Waals surface area (Å²) in [6.07, 6.45) is 0. The summed E-state index contributed by atoms with van der Waals surface area (Å²) in [5.74, 6) is 0.845. The molecule has 0 radical (unpaired) electrons. The summed E-state index contributed by atoms with van der Waals surface area (Å²) in [5.41, 5.74) is 4.64.